The lowest BCUT2D eigenvalue weighted by molar-refractivity contribution is 0.512. The van der Waals surface area contributed by atoms with Crippen LogP contribution in [0.5, 0.6) is 0 Å². The van der Waals surface area contributed by atoms with E-state index in [9.17, 15) is 4.79 Å². The Labute approximate surface area is 205 Å². The van der Waals surface area contributed by atoms with Crippen molar-refractivity contribution >= 4 is 55.8 Å². The fraction of sp³-hybridized carbons (Fsp3) is 0.375. The Morgan fingerprint density at radius 2 is 1.88 bits per heavy atom. The van der Waals surface area contributed by atoms with Crippen LogP contribution in [0.3, 0.4) is 0 Å². The van der Waals surface area contributed by atoms with Gasteiger partial charge in [-0.3, -0.25) is 13.8 Å². The molecule has 0 saturated heterocycles. The molecule has 10 heteroatoms. The summed E-state index contributed by atoms with van der Waals surface area (Å²) < 4.78 is 3.71. The SMILES string of the molecule is Cc1sc2nc(C(C)Sc3nnc4n(CCC(C)C)c(=O)c5ccccc5n34)nc(N)c2c1C. The molecule has 4 heterocycles. The van der Waals surface area contributed by atoms with Crippen molar-refractivity contribution in [2.75, 3.05) is 5.73 Å². The number of fused-ring (bicyclic) bond motifs is 4. The van der Waals surface area contributed by atoms with Gasteiger partial charge in [0, 0.05) is 11.4 Å². The van der Waals surface area contributed by atoms with Crippen LogP contribution >= 0.6 is 23.1 Å². The molecule has 0 radical (unpaired) electrons. The molecule has 4 aromatic heterocycles. The molecule has 0 fully saturated rings. The fourth-order valence-electron chi connectivity index (χ4n) is 4.09. The number of rotatable bonds is 6. The minimum atomic E-state index is -0.114. The molecule has 0 amide bonds. The summed E-state index contributed by atoms with van der Waals surface area (Å²) in [7, 11) is 0. The molecule has 1 aromatic carbocycles. The maximum absolute atomic E-state index is 13.2. The molecule has 8 nitrogen and oxygen atoms in total. The van der Waals surface area contributed by atoms with E-state index >= 15 is 0 Å². The van der Waals surface area contributed by atoms with Crippen LogP contribution in [0.1, 0.15) is 48.7 Å². The maximum atomic E-state index is 13.2. The van der Waals surface area contributed by atoms with Crippen molar-refractivity contribution in [2.24, 2.45) is 5.92 Å². The summed E-state index contributed by atoms with van der Waals surface area (Å²) in [6.45, 7) is 11.1. The van der Waals surface area contributed by atoms with E-state index in [-0.39, 0.29) is 10.8 Å². The lowest BCUT2D eigenvalue weighted by Gasteiger charge is -2.13. The second-order valence-corrected chi connectivity index (χ2v) is 11.5. The summed E-state index contributed by atoms with van der Waals surface area (Å²) in [5.41, 5.74) is 8.21. The number of anilines is 1. The molecule has 0 aliphatic carbocycles. The third kappa shape index (κ3) is 3.74. The van der Waals surface area contributed by atoms with E-state index in [4.69, 9.17) is 10.7 Å². The van der Waals surface area contributed by atoms with E-state index in [0.29, 0.717) is 40.4 Å². The van der Waals surface area contributed by atoms with E-state index < -0.39 is 0 Å². The summed E-state index contributed by atoms with van der Waals surface area (Å²) >= 11 is 3.15. The highest BCUT2D eigenvalue weighted by molar-refractivity contribution is 7.99. The molecular formula is C24H27N7OS2. The Bertz CT molecular complexity index is 1600. The normalized spacial score (nSPS) is 13.0. The van der Waals surface area contributed by atoms with E-state index in [1.807, 2.05) is 35.6 Å². The topological polar surface area (TPSA) is 104 Å². The van der Waals surface area contributed by atoms with Crippen molar-refractivity contribution in [1.82, 2.24) is 29.1 Å². The molecule has 34 heavy (non-hydrogen) atoms. The van der Waals surface area contributed by atoms with E-state index in [1.54, 1.807) is 15.9 Å². The predicted molar refractivity (Wildman–Crippen MR) is 140 cm³/mol. The summed E-state index contributed by atoms with van der Waals surface area (Å²) in [6, 6.07) is 7.61. The third-order valence-corrected chi connectivity index (χ3v) is 8.27. The highest BCUT2D eigenvalue weighted by Crippen LogP contribution is 2.37. The summed E-state index contributed by atoms with van der Waals surface area (Å²) in [6.07, 6.45) is 0.881. The van der Waals surface area contributed by atoms with Crippen LogP contribution in [0.2, 0.25) is 0 Å². The van der Waals surface area contributed by atoms with Gasteiger partial charge in [-0.1, -0.05) is 37.7 Å². The van der Waals surface area contributed by atoms with Crippen molar-refractivity contribution in [1.29, 1.82) is 0 Å². The molecule has 5 rings (SSSR count). The summed E-state index contributed by atoms with van der Waals surface area (Å²) in [5.74, 6) is 2.19. The zero-order valence-corrected chi connectivity index (χ0v) is 21.5. The summed E-state index contributed by atoms with van der Waals surface area (Å²) in [4.78, 5) is 24.8. The van der Waals surface area contributed by atoms with Gasteiger partial charge in [-0.25, -0.2) is 9.97 Å². The lowest BCUT2D eigenvalue weighted by atomic mass is 10.1. The number of nitrogen functional groups attached to an aromatic ring is 1. The van der Waals surface area contributed by atoms with Gasteiger partial charge >= 0.3 is 0 Å². The van der Waals surface area contributed by atoms with Crippen LogP contribution in [-0.2, 0) is 6.54 Å². The molecule has 1 unspecified atom stereocenters. The molecule has 176 valence electrons. The standard InChI is InChI=1S/C24H27N7OS2/c1-12(2)10-11-30-22(32)16-8-6-7-9-17(16)31-23(30)28-29-24(31)34-15(5)20-26-19(25)18-13(3)14(4)33-21(18)27-20/h6-9,12,15H,10-11H2,1-5H3,(H2,25,26,27). The van der Waals surface area contributed by atoms with Crippen molar-refractivity contribution in [2.45, 2.75) is 58.0 Å². The molecule has 2 N–H and O–H groups in total. The Balaban J connectivity index is 1.61. The van der Waals surface area contributed by atoms with Gasteiger partial charge in [0.1, 0.15) is 16.5 Å². The van der Waals surface area contributed by atoms with Gasteiger partial charge in [0.25, 0.3) is 5.56 Å². The first-order chi connectivity index (χ1) is 16.3. The van der Waals surface area contributed by atoms with Crippen LogP contribution in [0.25, 0.3) is 26.9 Å². The number of nitrogens with zero attached hydrogens (tertiary/aromatic N) is 6. The van der Waals surface area contributed by atoms with Gasteiger partial charge in [0.15, 0.2) is 5.16 Å². The highest BCUT2D eigenvalue weighted by Gasteiger charge is 2.22. The number of benzene rings is 1. The number of hydrogen-bond donors (Lipinski definition) is 1. The van der Waals surface area contributed by atoms with Crippen molar-refractivity contribution in [3.05, 3.63) is 50.9 Å². The molecular weight excluding hydrogens is 466 g/mol. The zero-order valence-electron chi connectivity index (χ0n) is 19.9. The van der Waals surface area contributed by atoms with Crippen molar-refractivity contribution in [3.63, 3.8) is 0 Å². The first-order valence-electron chi connectivity index (χ1n) is 11.3. The van der Waals surface area contributed by atoms with E-state index in [2.05, 4.69) is 42.9 Å². The van der Waals surface area contributed by atoms with Gasteiger partial charge in [-0.15, -0.1) is 21.5 Å². The number of thioether (sulfide) groups is 1. The molecule has 1 atom stereocenters. The summed E-state index contributed by atoms with van der Waals surface area (Å²) in [5, 5.41) is 11.1. The number of aromatic nitrogens is 6. The van der Waals surface area contributed by atoms with Crippen LogP contribution in [0, 0.1) is 19.8 Å². The first kappa shape index (κ1) is 22.8. The largest absolute Gasteiger partial charge is 0.383 e. The quantitative estimate of drug-likeness (QED) is 0.326. The second kappa shape index (κ2) is 8.66. The monoisotopic (exact) mass is 493 g/mol. The molecule has 0 aliphatic heterocycles. The van der Waals surface area contributed by atoms with Gasteiger partial charge in [0.2, 0.25) is 5.78 Å². The van der Waals surface area contributed by atoms with Crippen molar-refractivity contribution in [3.8, 4) is 0 Å². The van der Waals surface area contributed by atoms with Crippen LogP contribution in [-0.4, -0.2) is 29.1 Å². The first-order valence-corrected chi connectivity index (χ1v) is 13.0. The Morgan fingerprint density at radius 3 is 2.65 bits per heavy atom. The van der Waals surface area contributed by atoms with Crippen LogP contribution in [0.15, 0.2) is 34.2 Å². The molecule has 0 saturated carbocycles. The van der Waals surface area contributed by atoms with Gasteiger partial charge in [0.05, 0.1) is 21.5 Å². The highest BCUT2D eigenvalue weighted by atomic mass is 32.2. The number of nitrogens with two attached hydrogens (primary N) is 1. The van der Waals surface area contributed by atoms with Crippen LogP contribution in [0.4, 0.5) is 5.82 Å². The number of thiophene rings is 1. The number of aryl methyl sites for hydroxylation is 3. The molecule has 0 aliphatic rings. The molecule has 0 spiro atoms. The minimum Gasteiger partial charge on any atom is -0.383 e. The Hall–Kier alpha value is -2.98. The van der Waals surface area contributed by atoms with E-state index in [1.165, 1.54) is 16.6 Å². The average molecular weight is 494 g/mol. The van der Waals surface area contributed by atoms with Crippen LogP contribution < -0.4 is 11.3 Å². The average Bonchev–Trinajstić information content (AvgIpc) is 3.34. The van der Waals surface area contributed by atoms with Gasteiger partial charge < -0.3 is 5.73 Å². The fourth-order valence-corrected chi connectivity index (χ4v) is 6.03. The zero-order chi connectivity index (χ0) is 24.1. The Morgan fingerprint density at radius 1 is 1.12 bits per heavy atom. The number of hydrogen-bond acceptors (Lipinski definition) is 8. The predicted octanol–water partition coefficient (Wildman–Crippen LogP) is 5.15. The Kier molecular flexibility index (Phi) is 5.81. The number of para-hydroxylation sites is 1. The molecule has 5 aromatic rings. The molecule has 0 bridgehead atoms. The second-order valence-electron chi connectivity index (χ2n) is 8.96. The van der Waals surface area contributed by atoms with E-state index in [0.717, 1.165) is 27.7 Å². The lowest BCUT2D eigenvalue weighted by Crippen LogP contribution is -2.24. The third-order valence-electron chi connectivity index (χ3n) is 6.13. The minimum absolute atomic E-state index is 0.0364. The maximum Gasteiger partial charge on any atom is 0.262 e. The van der Waals surface area contributed by atoms with Gasteiger partial charge in [-0.05, 0) is 50.8 Å². The van der Waals surface area contributed by atoms with Crippen molar-refractivity contribution < 1.29 is 0 Å². The smallest absolute Gasteiger partial charge is 0.262 e. The van der Waals surface area contributed by atoms with Gasteiger partial charge in [-0.2, -0.15) is 0 Å².